The van der Waals surface area contributed by atoms with E-state index in [2.05, 4.69) is 19.8 Å². The Morgan fingerprint density at radius 3 is 2.61 bits per heavy atom. The lowest BCUT2D eigenvalue weighted by Gasteiger charge is -2.18. The van der Waals surface area contributed by atoms with Gasteiger partial charge in [0.05, 0.1) is 29.5 Å². The molecule has 1 aromatic carbocycles. The number of pyridine rings is 1. The summed E-state index contributed by atoms with van der Waals surface area (Å²) in [5, 5.41) is 24.8. The van der Waals surface area contributed by atoms with Gasteiger partial charge in [0, 0.05) is 46.1 Å². The Labute approximate surface area is 209 Å². The number of rotatable bonds is 6. The van der Waals surface area contributed by atoms with E-state index in [1.54, 1.807) is 30.2 Å². The topological polar surface area (TPSA) is 96.2 Å². The predicted octanol–water partition coefficient (Wildman–Crippen LogP) is 5.34. The lowest BCUT2D eigenvalue weighted by Crippen LogP contribution is -2.17. The first-order valence-corrected chi connectivity index (χ1v) is 11.8. The number of aromatic nitrogens is 4. The molecule has 1 unspecified atom stereocenters. The maximum atomic E-state index is 14.3. The number of hydrogen-bond donors (Lipinski definition) is 3. The maximum absolute atomic E-state index is 14.3. The molecule has 0 spiro atoms. The maximum Gasteiger partial charge on any atom is 0.387 e. The van der Waals surface area contributed by atoms with Gasteiger partial charge in [0.2, 0.25) is 0 Å². The van der Waals surface area contributed by atoms with Crippen LogP contribution in [0.4, 0.5) is 13.2 Å². The minimum atomic E-state index is -3.09. The van der Waals surface area contributed by atoms with Crippen LogP contribution in [-0.4, -0.2) is 48.8 Å². The summed E-state index contributed by atoms with van der Waals surface area (Å²) in [5.41, 5.74) is 3.81. The molecule has 1 fully saturated rings. The summed E-state index contributed by atoms with van der Waals surface area (Å²) in [7, 11) is 0. The zero-order valence-corrected chi connectivity index (χ0v) is 20.2. The average molecular weight is 521 g/mol. The lowest BCUT2D eigenvalue weighted by molar-refractivity contribution is -0.0505. The second kappa shape index (κ2) is 9.42. The van der Waals surface area contributed by atoms with Crippen LogP contribution in [0.5, 0.6) is 5.75 Å². The smallest absolute Gasteiger partial charge is 0.387 e. The van der Waals surface area contributed by atoms with E-state index in [4.69, 9.17) is 11.6 Å². The highest BCUT2D eigenvalue weighted by Crippen LogP contribution is 2.42. The molecule has 0 radical (unpaired) electrons. The predicted molar refractivity (Wildman–Crippen MR) is 128 cm³/mol. The van der Waals surface area contributed by atoms with E-state index in [1.807, 2.05) is 13.0 Å². The Bertz CT molecular complexity index is 1410. The van der Waals surface area contributed by atoms with Crippen molar-refractivity contribution in [2.45, 2.75) is 57.5 Å². The van der Waals surface area contributed by atoms with Crippen LogP contribution in [0.25, 0.3) is 22.2 Å². The van der Waals surface area contributed by atoms with E-state index < -0.39 is 30.6 Å². The lowest BCUT2D eigenvalue weighted by atomic mass is 9.91. The minimum Gasteiger partial charge on any atom is -0.434 e. The van der Waals surface area contributed by atoms with E-state index in [0.29, 0.717) is 29.4 Å². The summed E-state index contributed by atoms with van der Waals surface area (Å²) >= 11 is 6.21. The van der Waals surface area contributed by atoms with E-state index in [0.717, 1.165) is 29.0 Å². The van der Waals surface area contributed by atoms with Crippen LogP contribution in [-0.2, 0) is 0 Å². The van der Waals surface area contributed by atoms with Crippen molar-refractivity contribution in [2.24, 2.45) is 0 Å². The number of aliphatic hydroxyl groups excluding tert-OH is 2. The van der Waals surface area contributed by atoms with Crippen molar-refractivity contribution in [1.29, 1.82) is 0 Å². The number of fused-ring (bicyclic) bond motifs is 1. The van der Waals surface area contributed by atoms with Gasteiger partial charge in [0.1, 0.15) is 17.2 Å². The molecule has 3 heterocycles. The van der Waals surface area contributed by atoms with Crippen LogP contribution in [0.3, 0.4) is 0 Å². The van der Waals surface area contributed by atoms with Crippen LogP contribution >= 0.6 is 11.6 Å². The molecule has 190 valence electrons. The third-order valence-corrected chi connectivity index (χ3v) is 7.33. The van der Waals surface area contributed by atoms with Gasteiger partial charge >= 0.3 is 6.61 Å². The van der Waals surface area contributed by atoms with Crippen LogP contribution in [0, 0.1) is 12.7 Å². The fourth-order valence-electron chi connectivity index (χ4n) is 5.08. The van der Waals surface area contributed by atoms with Crippen LogP contribution in [0.15, 0.2) is 36.8 Å². The molecule has 1 saturated carbocycles. The second-order valence-electron chi connectivity index (χ2n) is 9.09. The van der Waals surface area contributed by atoms with Crippen molar-refractivity contribution in [2.75, 3.05) is 0 Å². The Kier molecular flexibility index (Phi) is 6.44. The van der Waals surface area contributed by atoms with Crippen molar-refractivity contribution >= 4 is 22.6 Å². The van der Waals surface area contributed by atoms with E-state index in [-0.39, 0.29) is 22.4 Å². The number of H-pyrrole nitrogens is 1. The first-order valence-electron chi connectivity index (χ1n) is 11.5. The molecule has 7 nitrogen and oxygen atoms in total. The Balaban J connectivity index is 1.54. The number of ether oxygens (including phenoxy) is 1. The Morgan fingerprint density at radius 2 is 1.92 bits per heavy atom. The first-order chi connectivity index (χ1) is 17.2. The number of aliphatic hydroxyl groups is 2. The van der Waals surface area contributed by atoms with Gasteiger partial charge < -0.3 is 19.9 Å². The molecule has 3 N–H and O–H groups in total. The third-order valence-electron chi connectivity index (χ3n) is 6.94. The molecule has 4 atom stereocenters. The molecular formula is C25H24ClF3N4O3. The quantitative estimate of drug-likeness (QED) is 0.319. The van der Waals surface area contributed by atoms with Crippen LogP contribution in [0.2, 0.25) is 5.02 Å². The Hall–Kier alpha value is -3.08. The fraction of sp³-hybridized carbons (Fsp3) is 0.360. The van der Waals surface area contributed by atoms with Gasteiger partial charge in [-0.25, -0.2) is 9.37 Å². The molecule has 0 amide bonds. The number of halogens is 4. The van der Waals surface area contributed by atoms with Crippen molar-refractivity contribution < 1.29 is 28.1 Å². The second-order valence-corrected chi connectivity index (χ2v) is 9.46. The molecule has 4 aromatic rings. The monoisotopic (exact) mass is 520 g/mol. The normalized spacial score (nSPS) is 21.0. The number of nitrogens with zero attached hydrogens (tertiary/aromatic N) is 3. The molecule has 1 aliphatic rings. The Morgan fingerprint density at radius 1 is 1.19 bits per heavy atom. The molecule has 5 rings (SSSR count). The number of aromatic amines is 1. The number of benzene rings is 1. The van der Waals surface area contributed by atoms with Crippen molar-refractivity contribution in [3.63, 3.8) is 0 Å². The molecule has 36 heavy (non-hydrogen) atoms. The van der Waals surface area contributed by atoms with E-state index in [1.165, 1.54) is 0 Å². The SMILES string of the molecule is Cc1c(-c2cnc3[nH]cc([C@H](C)c4c(OC(F)F)ccc(F)c4Cl)c3c2)cnn1C1C[C@@H](O)[C@@H](O)C1. The summed E-state index contributed by atoms with van der Waals surface area (Å²) < 4.78 is 46.8. The highest BCUT2D eigenvalue weighted by Gasteiger charge is 2.34. The van der Waals surface area contributed by atoms with E-state index in [9.17, 15) is 23.4 Å². The van der Waals surface area contributed by atoms with Crippen LogP contribution < -0.4 is 4.74 Å². The van der Waals surface area contributed by atoms with Crippen LogP contribution in [0.1, 0.15) is 48.5 Å². The molecule has 0 saturated heterocycles. The molecule has 0 bridgehead atoms. The first kappa shape index (κ1) is 24.6. The number of hydrogen-bond acceptors (Lipinski definition) is 5. The van der Waals surface area contributed by atoms with Gasteiger partial charge in [-0.2, -0.15) is 13.9 Å². The van der Waals surface area contributed by atoms with Crippen molar-refractivity contribution in [1.82, 2.24) is 19.7 Å². The molecule has 3 aromatic heterocycles. The molecule has 1 aliphatic carbocycles. The van der Waals surface area contributed by atoms with Gasteiger partial charge in [-0.15, -0.1) is 0 Å². The van der Waals surface area contributed by atoms with E-state index >= 15 is 0 Å². The summed E-state index contributed by atoms with van der Waals surface area (Å²) in [4.78, 5) is 7.58. The van der Waals surface area contributed by atoms with Gasteiger partial charge in [-0.3, -0.25) is 4.68 Å². The van der Waals surface area contributed by atoms with Crippen molar-refractivity contribution in [3.8, 4) is 16.9 Å². The fourth-order valence-corrected chi connectivity index (χ4v) is 5.40. The standard InChI is InChI=1S/C25H24ClF3N4O3/c1-11(22-21(36-25(28)29)4-3-18(27)23(22)26)16-9-31-24-15(16)5-13(8-30-24)17-10-32-33(12(17)2)14-6-19(34)20(35)7-14/h3-5,8-11,14,19-20,25,34-35H,6-7H2,1-2H3,(H,30,31)/t11-,14?,19-,20+/m0/s1. The van der Waals surface area contributed by atoms with Gasteiger partial charge in [-0.05, 0) is 43.5 Å². The summed E-state index contributed by atoms with van der Waals surface area (Å²) in [6.07, 6.45) is 4.37. The van der Waals surface area contributed by atoms with Gasteiger partial charge in [0.15, 0.2) is 0 Å². The highest BCUT2D eigenvalue weighted by molar-refractivity contribution is 6.31. The van der Waals surface area contributed by atoms with Gasteiger partial charge in [-0.1, -0.05) is 18.5 Å². The summed E-state index contributed by atoms with van der Waals surface area (Å²) in [5.74, 6) is -1.53. The minimum absolute atomic E-state index is 0.116. The van der Waals surface area contributed by atoms with Gasteiger partial charge in [0.25, 0.3) is 0 Å². The summed E-state index contributed by atoms with van der Waals surface area (Å²) in [6.45, 7) is 0.550. The number of alkyl halides is 2. The summed E-state index contributed by atoms with van der Waals surface area (Å²) in [6, 6.07) is 3.92. The number of nitrogens with one attached hydrogen (secondary N) is 1. The highest BCUT2D eigenvalue weighted by atomic mass is 35.5. The largest absolute Gasteiger partial charge is 0.434 e. The zero-order chi connectivity index (χ0) is 25.7. The van der Waals surface area contributed by atoms with Crippen molar-refractivity contribution in [3.05, 3.63) is 64.5 Å². The average Bonchev–Trinajstić information content (AvgIpc) is 3.52. The molecular weight excluding hydrogens is 497 g/mol. The zero-order valence-electron chi connectivity index (χ0n) is 19.4. The third kappa shape index (κ3) is 4.23. The molecule has 0 aliphatic heterocycles. The molecule has 11 heteroatoms.